The van der Waals surface area contributed by atoms with Crippen LogP contribution in [0.25, 0.3) is 6.08 Å². The second-order valence-corrected chi connectivity index (χ2v) is 10.3. The molecule has 178 valence electrons. The summed E-state index contributed by atoms with van der Waals surface area (Å²) in [5.41, 5.74) is 2.73. The normalized spacial score (nSPS) is 29.7. The van der Waals surface area contributed by atoms with E-state index in [0.717, 1.165) is 16.7 Å². The predicted octanol–water partition coefficient (Wildman–Crippen LogP) is 3.35. The largest absolute Gasteiger partial charge is 0.464 e. The van der Waals surface area contributed by atoms with Gasteiger partial charge in [-0.3, -0.25) is 9.00 Å². The van der Waals surface area contributed by atoms with Crippen LogP contribution in [-0.2, 0) is 34.6 Å². The van der Waals surface area contributed by atoms with Crippen molar-refractivity contribution in [3.05, 3.63) is 71.4 Å². The van der Waals surface area contributed by atoms with E-state index in [2.05, 4.69) is 0 Å². The number of hydrogen-bond acceptors (Lipinski definition) is 7. The summed E-state index contributed by atoms with van der Waals surface area (Å²) in [5, 5.41) is 0. The molecule has 3 aliphatic rings. The van der Waals surface area contributed by atoms with Crippen LogP contribution in [0.3, 0.4) is 0 Å². The summed E-state index contributed by atoms with van der Waals surface area (Å²) in [6, 6.07) is 13.3. The van der Waals surface area contributed by atoms with Gasteiger partial charge in [0.2, 0.25) is 6.29 Å². The maximum atomic E-state index is 14.5. The molecule has 0 aliphatic carbocycles. The van der Waals surface area contributed by atoms with Crippen molar-refractivity contribution in [2.75, 3.05) is 13.2 Å². The maximum absolute atomic E-state index is 14.5. The first-order chi connectivity index (χ1) is 16.4. The van der Waals surface area contributed by atoms with E-state index < -0.39 is 51.8 Å². The van der Waals surface area contributed by atoms with Crippen LogP contribution in [0.1, 0.15) is 36.6 Å². The molecule has 34 heavy (non-hydrogen) atoms. The molecule has 8 heteroatoms. The Morgan fingerprint density at radius 3 is 2.56 bits per heavy atom. The van der Waals surface area contributed by atoms with Gasteiger partial charge in [0.1, 0.15) is 6.04 Å². The van der Waals surface area contributed by atoms with Gasteiger partial charge in [-0.15, -0.1) is 0 Å². The number of ether oxygens (including phenoxy) is 3. The first-order valence-corrected chi connectivity index (χ1v) is 12.6. The second-order valence-electron chi connectivity index (χ2n) is 8.62. The minimum Gasteiger partial charge on any atom is -0.464 e. The standard InChI is InChI=1S/C26H27NO6S/c1-4-31-23(28)21-20-24(32-5-2)33-25(29)26(20,34(30)18-12-10-16(3)11-13-18)22-19-9-7-6-8-17(19)14-15-27(21)22/h6-15,20-22,24H,4-5H2,1-3H3/t20-,21-,22+,24-,26-,34+/m1/s1. The first-order valence-electron chi connectivity index (χ1n) is 11.5. The van der Waals surface area contributed by atoms with Gasteiger partial charge in [-0.05, 0) is 50.1 Å². The molecule has 5 rings (SSSR count). The third-order valence-corrected chi connectivity index (χ3v) is 8.79. The predicted molar refractivity (Wildman–Crippen MR) is 126 cm³/mol. The molecule has 0 spiro atoms. The van der Waals surface area contributed by atoms with Gasteiger partial charge in [-0.25, -0.2) is 4.79 Å². The number of carbonyl (C=O) groups is 2. The Bertz CT molecular complexity index is 1180. The Morgan fingerprint density at radius 1 is 1.12 bits per heavy atom. The second kappa shape index (κ2) is 8.67. The fraction of sp³-hybridized carbons (Fsp3) is 0.385. The molecule has 0 aromatic heterocycles. The van der Waals surface area contributed by atoms with Crippen LogP contribution in [0.5, 0.6) is 0 Å². The van der Waals surface area contributed by atoms with Crippen molar-refractivity contribution in [2.24, 2.45) is 5.92 Å². The maximum Gasteiger partial charge on any atom is 0.330 e. The van der Waals surface area contributed by atoms with E-state index >= 15 is 0 Å². The quantitative estimate of drug-likeness (QED) is 0.585. The van der Waals surface area contributed by atoms with E-state index in [1.54, 1.807) is 32.2 Å². The zero-order valence-corrected chi connectivity index (χ0v) is 20.1. The molecule has 7 nitrogen and oxygen atoms in total. The Morgan fingerprint density at radius 2 is 1.85 bits per heavy atom. The van der Waals surface area contributed by atoms with E-state index in [4.69, 9.17) is 14.2 Å². The molecule has 2 aromatic rings. The third kappa shape index (κ3) is 3.15. The first kappa shape index (κ1) is 22.8. The van der Waals surface area contributed by atoms with Crippen LogP contribution in [0.15, 0.2) is 59.6 Å². The summed E-state index contributed by atoms with van der Waals surface area (Å²) in [6.45, 7) is 5.93. The zero-order valence-electron chi connectivity index (χ0n) is 19.3. The molecule has 0 bridgehead atoms. The van der Waals surface area contributed by atoms with E-state index in [0.29, 0.717) is 4.90 Å². The Hall–Kier alpha value is -2.97. The minimum absolute atomic E-state index is 0.184. The van der Waals surface area contributed by atoms with Crippen LogP contribution >= 0.6 is 0 Å². The molecule has 2 fully saturated rings. The summed E-state index contributed by atoms with van der Waals surface area (Å²) in [6.07, 6.45) is 2.69. The van der Waals surface area contributed by atoms with Gasteiger partial charge >= 0.3 is 11.9 Å². The van der Waals surface area contributed by atoms with E-state index in [1.807, 2.05) is 54.3 Å². The molecule has 0 N–H and O–H groups in total. The number of hydrogen-bond donors (Lipinski definition) is 0. The van der Waals surface area contributed by atoms with Crippen molar-refractivity contribution < 1.29 is 28.0 Å². The Labute approximate surface area is 201 Å². The van der Waals surface area contributed by atoms with Crippen LogP contribution < -0.4 is 0 Å². The lowest BCUT2D eigenvalue weighted by molar-refractivity contribution is -0.175. The number of benzene rings is 2. The smallest absolute Gasteiger partial charge is 0.330 e. The summed E-state index contributed by atoms with van der Waals surface area (Å²) in [4.78, 5) is 29.5. The van der Waals surface area contributed by atoms with Crippen molar-refractivity contribution in [1.29, 1.82) is 0 Å². The zero-order chi connectivity index (χ0) is 24.0. The van der Waals surface area contributed by atoms with Crippen LogP contribution in [0.4, 0.5) is 0 Å². The highest BCUT2D eigenvalue weighted by Gasteiger charge is 2.76. The molecule has 0 amide bonds. The lowest BCUT2D eigenvalue weighted by Crippen LogP contribution is -2.50. The molecule has 6 atom stereocenters. The van der Waals surface area contributed by atoms with Crippen molar-refractivity contribution in [2.45, 2.75) is 48.8 Å². The summed E-state index contributed by atoms with van der Waals surface area (Å²) >= 11 is 0. The molecule has 3 aliphatic heterocycles. The fourth-order valence-electron chi connectivity index (χ4n) is 5.46. The van der Waals surface area contributed by atoms with Crippen molar-refractivity contribution in [3.63, 3.8) is 0 Å². The molecule has 3 heterocycles. The van der Waals surface area contributed by atoms with Gasteiger partial charge in [-0.1, -0.05) is 42.0 Å². The van der Waals surface area contributed by atoms with Crippen LogP contribution in [-0.4, -0.2) is 51.3 Å². The molecule has 0 saturated carbocycles. The SMILES string of the molecule is CCOC(=O)[C@H]1[C@@H]2[C@H](OCC)OC(=O)[C@]2([S@@](=O)c2ccc(C)cc2)[C@@H]2c3ccccc3C=CN21. The van der Waals surface area contributed by atoms with Gasteiger partial charge in [0.25, 0.3) is 0 Å². The van der Waals surface area contributed by atoms with Gasteiger partial charge in [0.15, 0.2) is 4.75 Å². The summed E-state index contributed by atoms with van der Waals surface area (Å²) < 4.78 is 29.9. The molecule has 0 radical (unpaired) electrons. The molecule has 0 unspecified atom stereocenters. The summed E-state index contributed by atoms with van der Waals surface area (Å²) in [7, 11) is -1.85. The van der Waals surface area contributed by atoms with Crippen LogP contribution in [0, 0.1) is 12.8 Å². The highest BCUT2D eigenvalue weighted by Crippen LogP contribution is 2.60. The van der Waals surface area contributed by atoms with Gasteiger partial charge < -0.3 is 19.1 Å². The monoisotopic (exact) mass is 481 g/mol. The minimum atomic E-state index is -1.85. The summed E-state index contributed by atoms with van der Waals surface area (Å²) in [5.74, 6) is -1.95. The average Bonchev–Trinajstić information content (AvgIpc) is 3.30. The number of nitrogens with zero attached hydrogens (tertiary/aromatic N) is 1. The number of aryl methyl sites for hydroxylation is 1. The Balaban J connectivity index is 1.77. The van der Waals surface area contributed by atoms with Crippen molar-refractivity contribution in [3.8, 4) is 0 Å². The van der Waals surface area contributed by atoms with E-state index in [9.17, 15) is 13.8 Å². The highest BCUT2D eigenvalue weighted by molar-refractivity contribution is 7.87. The van der Waals surface area contributed by atoms with Gasteiger partial charge in [-0.2, -0.15) is 0 Å². The van der Waals surface area contributed by atoms with Crippen LogP contribution in [0.2, 0.25) is 0 Å². The van der Waals surface area contributed by atoms with Gasteiger partial charge in [0.05, 0.1) is 29.4 Å². The molecule has 2 aromatic carbocycles. The molecular weight excluding hydrogens is 454 g/mol. The molecule has 2 saturated heterocycles. The van der Waals surface area contributed by atoms with E-state index in [-0.39, 0.29) is 13.2 Å². The number of carbonyl (C=O) groups excluding carboxylic acids is 2. The average molecular weight is 482 g/mol. The van der Waals surface area contributed by atoms with Crippen molar-refractivity contribution >= 4 is 28.8 Å². The van der Waals surface area contributed by atoms with E-state index in [1.165, 1.54) is 0 Å². The number of fused-ring (bicyclic) bond motifs is 5. The molecular formula is C26H27NO6S. The number of rotatable bonds is 6. The third-order valence-electron chi connectivity index (χ3n) is 6.81. The number of esters is 2. The highest BCUT2D eigenvalue weighted by atomic mass is 32.2. The Kier molecular flexibility index (Phi) is 5.81. The lowest BCUT2D eigenvalue weighted by atomic mass is 9.83. The fourth-order valence-corrected chi connectivity index (χ4v) is 7.37. The lowest BCUT2D eigenvalue weighted by Gasteiger charge is -2.37. The van der Waals surface area contributed by atoms with Crippen molar-refractivity contribution in [1.82, 2.24) is 4.90 Å². The van der Waals surface area contributed by atoms with Gasteiger partial charge in [0, 0.05) is 17.7 Å². The number of cyclic esters (lactones) is 1. The topological polar surface area (TPSA) is 82.1 Å².